The molecule has 8 aromatic carbocycles. The standard InChI is InChI=1S/C46H30N2S2/c1-4-16-32(17-5-1)47(33-18-6-2-7-19-33)40-29-35(30-43-45(40)44-36-22-11-10-15-31(36)27-28-42(44)49-43)48(34-20-8-3-9-21-34)39-25-14-24-38-37-23-12-13-26-41(37)50-46(38)39/h1-30H. The minimum Gasteiger partial charge on any atom is -0.310 e. The first-order valence-corrected chi connectivity index (χ1v) is 18.5. The zero-order valence-corrected chi connectivity index (χ0v) is 28.7. The van der Waals surface area contributed by atoms with E-state index in [9.17, 15) is 0 Å². The van der Waals surface area contributed by atoms with E-state index in [0.717, 1.165) is 28.4 Å². The Hall–Kier alpha value is -5.94. The van der Waals surface area contributed by atoms with Crippen molar-refractivity contribution in [3.63, 3.8) is 0 Å². The molecule has 4 heteroatoms. The van der Waals surface area contributed by atoms with Crippen molar-refractivity contribution in [1.82, 2.24) is 0 Å². The summed E-state index contributed by atoms with van der Waals surface area (Å²) in [5.74, 6) is 0. The smallest absolute Gasteiger partial charge is 0.0640 e. The minimum absolute atomic E-state index is 1.12. The number of hydrogen-bond acceptors (Lipinski definition) is 4. The van der Waals surface area contributed by atoms with Crippen molar-refractivity contribution >= 4 is 108 Å². The molecule has 0 bridgehead atoms. The van der Waals surface area contributed by atoms with Gasteiger partial charge in [-0.25, -0.2) is 0 Å². The van der Waals surface area contributed by atoms with Gasteiger partial charge in [0.15, 0.2) is 0 Å². The molecule has 10 rings (SSSR count). The topological polar surface area (TPSA) is 6.48 Å². The van der Waals surface area contributed by atoms with Gasteiger partial charge in [0.2, 0.25) is 0 Å². The number of fused-ring (bicyclic) bond motifs is 8. The summed E-state index contributed by atoms with van der Waals surface area (Å²) in [6.07, 6.45) is 0. The highest BCUT2D eigenvalue weighted by molar-refractivity contribution is 7.26. The maximum absolute atomic E-state index is 2.46. The Balaban J connectivity index is 1.34. The molecule has 10 aromatic rings. The lowest BCUT2D eigenvalue weighted by Crippen LogP contribution is -2.13. The molecule has 0 aliphatic heterocycles. The number of rotatable bonds is 6. The van der Waals surface area contributed by atoms with Gasteiger partial charge in [0, 0.05) is 58.4 Å². The van der Waals surface area contributed by atoms with Gasteiger partial charge in [0.25, 0.3) is 0 Å². The molecule has 236 valence electrons. The molecule has 2 aromatic heterocycles. The average molecular weight is 675 g/mol. The molecule has 0 saturated heterocycles. The second-order valence-electron chi connectivity index (χ2n) is 12.5. The van der Waals surface area contributed by atoms with Gasteiger partial charge in [-0.05, 0) is 77.5 Å². The van der Waals surface area contributed by atoms with Gasteiger partial charge in [0.05, 0.1) is 16.1 Å². The normalized spacial score (nSPS) is 11.6. The van der Waals surface area contributed by atoms with Crippen molar-refractivity contribution in [3.8, 4) is 0 Å². The maximum Gasteiger partial charge on any atom is 0.0640 e. The van der Waals surface area contributed by atoms with Crippen LogP contribution in [0.2, 0.25) is 0 Å². The summed E-state index contributed by atoms with van der Waals surface area (Å²) < 4.78 is 5.13. The SMILES string of the molecule is c1ccc(N(c2cc(N(c3ccccc3)c3ccccc3)c3c(c2)sc2ccc4ccccc4c23)c2cccc3c2sc2ccccc23)cc1. The lowest BCUT2D eigenvalue weighted by atomic mass is 10.0. The Morgan fingerprint density at radius 2 is 0.900 bits per heavy atom. The molecule has 0 aliphatic carbocycles. The molecular formula is C46H30N2S2. The molecule has 0 radical (unpaired) electrons. The Kier molecular flexibility index (Phi) is 6.90. The molecule has 0 fully saturated rings. The van der Waals surface area contributed by atoms with Crippen molar-refractivity contribution in [2.24, 2.45) is 0 Å². The number of nitrogens with zero attached hydrogens (tertiary/aromatic N) is 2. The van der Waals surface area contributed by atoms with Crippen LogP contribution in [0, 0.1) is 0 Å². The summed E-state index contributed by atoms with van der Waals surface area (Å²) in [5, 5.41) is 7.69. The molecule has 2 heterocycles. The third-order valence-corrected chi connectivity index (χ3v) is 11.9. The number of hydrogen-bond donors (Lipinski definition) is 0. The Morgan fingerprint density at radius 3 is 1.60 bits per heavy atom. The Bertz CT molecular complexity index is 2780. The third-order valence-electron chi connectivity index (χ3n) is 9.59. The first-order chi connectivity index (χ1) is 24.8. The van der Waals surface area contributed by atoms with Crippen LogP contribution in [-0.4, -0.2) is 0 Å². The molecular weight excluding hydrogens is 645 g/mol. The quantitative estimate of drug-likeness (QED) is 0.173. The van der Waals surface area contributed by atoms with Crippen LogP contribution < -0.4 is 9.80 Å². The Labute approximate surface area is 298 Å². The van der Waals surface area contributed by atoms with E-state index in [1.165, 1.54) is 56.8 Å². The van der Waals surface area contributed by atoms with Crippen LogP contribution >= 0.6 is 22.7 Å². The second-order valence-corrected chi connectivity index (χ2v) is 14.7. The summed E-state index contributed by atoms with van der Waals surface area (Å²) in [6.45, 7) is 0. The fraction of sp³-hybridized carbons (Fsp3) is 0. The van der Waals surface area contributed by atoms with E-state index in [-0.39, 0.29) is 0 Å². The molecule has 0 unspecified atom stereocenters. The average Bonchev–Trinajstić information content (AvgIpc) is 3.76. The van der Waals surface area contributed by atoms with E-state index in [0.29, 0.717) is 0 Å². The zero-order valence-electron chi connectivity index (χ0n) is 27.0. The van der Waals surface area contributed by atoms with Crippen molar-refractivity contribution in [2.45, 2.75) is 0 Å². The fourth-order valence-corrected chi connectivity index (χ4v) is 9.81. The van der Waals surface area contributed by atoms with Crippen LogP contribution in [0.15, 0.2) is 182 Å². The van der Waals surface area contributed by atoms with Crippen molar-refractivity contribution in [3.05, 3.63) is 182 Å². The highest BCUT2D eigenvalue weighted by Gasteiger charge is 2.24. The molecule has 0 aliphatic rings. The monoisotopic (exact) mass is 674 g/mol. The zero-order chi connectivity index (χ0) is 33.0. The van der Waals surface area contributed by atoms with Crippen LogP contribution in [0.5, 0.6) is 0 Å². The predicted octanol–water partition coefficient (Wildman–Crippen LogP) is 14.5. The van der Waals surface area contributed by atoms with Gasteiger partial charge in [-0.15, -0.1) is 22.7 Å². The summed E-state index contributed by atoms with van der Waals surface area (Å²) in [7, 11) is 0. The fourth-order valence-electron chi connectivity index (χ4n) is 7.43. The minimum atomic E-state index is 1.12. The Morgan fingerprint density at radius 1 is 0.320 bits per heavy atom. The first kappa shape index (κ1) is 29.0. The second kappa shape index (κ2) is 11.9. The molecule has 0 amide bonds. The van der Waals surface area contributed by atoms with E-state index >= 15 is 0 Å². The van der Waals surface area contributed by atoms with Crippen LogP contribution in [0.4, 0.5) is 34.1 Å². The van der Waals surface area contributed by atoms with Crippen molar-refractivity contribution < 1.29 is 0 Å². The third kappa shape index (κ3) is 4.68. The molecule has 0 atom stereocenters. The number of benzene rings is 8. The van der Waals surface area contributed by atoms with Gasteiger partial charge in [-0.3, -0.25) is 0 Å². The highest BCUT2D eigenvalue weighted by Crippen LogP contribution is 2.51. The van der Waals surface area contributed by atoms with E-state index in [1.54, 1.807) is 0 Å². The van der Waals surface area contributed by atoms with E-state index in [1.807, 2.05) is 22.7 Å². The molecule has 50 heavy (non-hydrogen) atoms. The van der Waals surface area contributed by atoms with Crippen LogP contribution in [0.3, 0.4) is 0 Å². The van der Waals surface area contributed by atoms with Crippen LogP contribution in [0.25, 0.3) is 51.1 Å². The van der Waals surface area contributed by atoms with E-state index < -0.39 is 0 Å². The van der Waals surface area contributed by atoms with Crippen molar-refractivity contribution in [2.75, 3.05) is 9.80 Å². The summed E-state index contributed by atoms with van der Waals surface area (Å²) in [5.41, 5.74) is 6.82. The maximum atomic E-state index is 2.46. The predicted molar refractivity (Wildman–Crippen MR) is 219 cm³/mol. The summed E-state index contributed by atoms with van der Waals surface area (Å²) in [4.78, 5) is 4.89. The highest BCUT2D eigenvalue weighted by atomic mass is 32.1. The lowest BCUT2D eigenvalue weighted by Gasteiger charge is -2.30. The number of anilines is 6. The van der Waals surface area contributed by atoms with E-state index in [2.05, 4.69) is 192 Å². The van der Waals surface area contributed by atoms with Gasteiger partial charge in [0.1, 0.15) is 0 Å². The molecule has 0 N–H and O–H groups in total. The molecule has 0 saturated carbocycles. The lowest BCUT2D eigenvalue weighted by molar-refractivity contribution is 1.27. The summed E-state index contributed by atoms with van der Waals surface area (Å²) >= 11 is 3.75. The first-order valence-electron chi connectivity index (χ1n) is 16.9. The van der Waals surface area contributed by atoms with Crippen LogP contribution in [-0.2, 0) is 0 Å². The molecule has 0 spiro atoms. The van der Waals surface area contributed by atoms with Crippen molar-refractivity contribution in [1.29, 1.82) is 0 Å². The largest absolute Gasteiger partial charge is 0.310 e. The van der Waals surface area contributed by atoms with Gasteiger partial charge < -0.3 is 9.80 Å². The van der Waals surface area contributed by atoms with Gasteiger partial charge in [-0.2, -0.15) is 0 Å². The van der Waals surface area contributed by atoms with Gasteiger partial charge in [-0.1, -0.05) is 115 Å². The van der Waals surface area contributed by atoms with Gasteiger partial charge >= 0.3 is 0 Å². The van der Waals surface area contributed by atoms with E-state index in [4.69, 9.17) is 0 Å². The van der Waals surface area contributed by atoms with Crippen LogP contribution in [0.1, 0.15) is 0 Å². The molecule has 2 nitrogen and oxygen atoms in total. The number of thiophene rings is 2. The number of para-hydroxylation sites is 3. The summed E-state index contributed by atoms with van der Waals surface area (Å²) in [6, 6.07) is 66.1.